The lowest BCUT2D eigenvalue weighted by Crippen LogP contribution is -2.42. The van der Waals surface area contributed by atoms with E-state index in [1.165, 1.54) is 7.11 Å². The molecule has 4 nitrogen and oxygen atoms in total. The van der Waals surface area contributed by atoms with E-state index in [2.05, 4.69) is 9.88 Å². The molecule has 4 rings (SSSR count). The zero-order chi connectivity index (χ0) is 26.6. The van der Waals surface area contributed by atoms with E-state index in [4.69, 9.17) is 4.74 Å². The Labute approximate surface area is 216 Å². The number of nitrogens with zero attached hydrogens (tertiary/aromatic N) is 2. The summed E-state index contributed by atoms with van der Waals surface area (Å²) >= 11 is 1.05. The molecule has 1 N–H and O–H groups in total. The number of alkyl halides is 1. The minimum Gasteiger partial charge on any atom is -0.497 e. The van der Waals surface area contributed by atoms with E-state index in [0.29, 0.717) is 67.4 Å². The first-order chi connectivity index (χ1) is 17.7. The van der Waals surface area contributed by atoms with E-state index in [9.17, 15) is 22.7 Å². The van der Waals surface area contributed by atoms with Crippen molar-refractivity contribution < 1.29 is 31.8 Å². The first-order valence-electron chi connectivity index (χ1n) is 12.1. The molecule has 1 saturated heterocycles. The lowest BCUT2D eigenvalue weighted by molar-refractivity contribution is 0.0321. The molecule has 10 heteroatoms. The summed E-state index contributed by atoms with van der Waals surface area (Å²) in [5.41, 5.74) is -0.0563. The number of aliphatic hydroxyl groups excluding tert-OH is 1. The van der Waals surface area contributed by atoms with Crippen LogP contribution in [0.1, 0.15) is 37.4 Å². The topological polar surface area (TPSA) is 45.6 Å². The third-order valence-corrected chi connectivity index (χ3v) is 8.18. The monoisotopic (exact) mass is 540 g/mol. The number of ether oxygens (including phenoxy) is 1. The summed E-state index contributed by atoms with van der Waals surface area (Å²) in [5, 5.41) is 10.5. The van der Waals surface area contributed by atoms with Crippen molar-refractivity contribution >= 4 is 22.7 Å². The molecule has 0 radical (unpaired) electrons. The Bertz CT molecular complexity index is 1240. The molecule has 3 aromatic rings. The first-order valence-corrected chi connectivity index (χ1v) is 13.1. The van der Waals surface area contributed by atoms with Crippen LogP contribution >= 0.6 is 11.8 Å². The van der Waals surface area contributed by atoms with Crippen LogP contribution in [-0.2, 0) is 0 Å². The average Bonchev–Trinajstić information content (AvgIpc) is 2.90. The lowest BCUT2D eigenvalue weighted by Gasteiger charge is -2.41. The molecule has 37 heavy (non-hydrogen) atoms. The van der Waals surface area contributed by atoms with Crippen LogP contribution in [0.15, 0.2) is 41.4 Å². The molecule has 0 unspecified atom stereocenters. The zero-order valence-corrected chi connectivity index (χ0v) is 21.3. The Morgan fingerprint density at radius 1 is 1.11 bits per heavy atom. The highest BCUT2D eigenvalue weighted by Gasteiger charge is 2.35. The van der Waals surface area contributed by atoms with E-state index in [0.717, 1.165) is 24.0 Å². The van der Waals surface area contributed by atoms with Gasteiger partial charge in [-0.05, 0) is 68.5 Å². The first kappa shape index (κ1) is 27.6. The zero-order valence-electron chi connectivity index (χ0n) is 20.5. The predicted octanol–water partition coefficient (Wildman–Crippen LogP) is 6.46. The van der Waals surface area contributed by atoms with Crippen molar-refractivity contribution in [2.45, 2.75) is 36.8 Å². The summed E-state index contributed by atoms with van der Waals surface area (Å²) in [6.07, 6.45) is 1.13. The minimum absolute atomic E-state index is 0.0486. The van der Waals surface area contributed by atoms with Crippen molar-refractivity contribution in [3.63, 3.8) is 0 Å². The fourth-order valence-corrected chi connectivity index (χ4v) is 5.84. The Morgan fingerprint density at radius 3 is 2.57 bits per heavy atom. The number of hydrogen-bond acceptors (Lipinski definition) is 5. The summed E-state index contributed by atoms with van der Waals surface area (Å²) < 4.78 is 75.9. The van der Waals surface area contributed by atoms with Gasteiger partial charge in [0.25, 0.3) is 0 Å². The second kappa shape index (κ2) is 12.0. The summed E-state index contributed by atoms with van der Waals surface area (Å²) in [5.74, 6) is -2.88. The number of likely N-dealkylation sites (tertiary alicyclic amines) is 1. The van der Waals surface area contributed by atoms with Crippen molar-refractivity contribution in [1.82, 2.24) is 9.88 Å². The molecule has 0 bridgehead atoms. The maximum absolute atomic E-state index is 15.4. The smallest absolute Gasteiger partial charge is 0.172 e. The van der Waals surface area contributed by atoms with Gasteiger partial charge in [0.05, 0.1) is 18.8 Å². The molecule has 0 amide bonds. The molecule has 200 valence electrons. The van der Waals surface area contributed by atoms with Crippen LogP contribution in [0.5, 0.6) is 5.75 Å². The molecule has 1 fully saturated rings. The van der Waals surface area contributed by atoms with E-state index in [1.807, 2.05) is 0 Å². The normalized spacial score (nSPS) is 16.7. The van der Waals surface area contributed by atoms with Crippen molar-refractivity contribution in [1.29, 1.82) is 0 Å². The highest BCUT2D eigenvalue weighted by molar-refractivity contribution is 7.99. The Kier molecular flexibility index (Phi) is 8.92. The number of piperidine rings is 1. The second-order valence-electron chi connectivity index (χ2n) is 9.46. The van der Waals surface area contributed by atoms with Gasteiger partial charge in [-0.25, -0.2) is 22.0 Å². The van der Waals surface area contributed by atoms with Crippen LogP contribution in [0.25, 0.3) is 10.9 Å². The van der Waals surface area contributed by atoms with Crippen molar-refractivity contribution in [2.24, 2.45) is 5.41 Å². The summed E-state index contributed by atoms with van der Waals surface area (Å²) in [6.45, 7) is 1.75. The number of hydrogen-bond donors (Lipinski definition) is 1. The Morgan fingerprint density at radius 2 is 1.86 bits per heavy atom. The maximum atomic E-state index is 15.4. The quantitative estimate of drug-likeness (QED) is 0.182. The third-order valence-electron chi connectivity index (χ3n) is 7.19. The van der Waals surface area contributed by atoms with E-state index in [1.54, 1.807) is 18.2 Å². The highest BCUT2D eigenvalue weighted by Crippen LogP contribution is 2.41. The van der Waals surface area contributed by atoms with E-state index in [-0.39, 0.29) is 23.5 Å². The van der Waals surface area contributed by atoms with Crippen LogP contribution in [0, 0.1) is 28.7 Å². The van der Waals surface area contributed by atoms with Crippen LogP contribution in [0.2, 0.25) is 0 Å². The third kappa shape index (κ3) is 6.35. The van der Waals surface area contributed by atoms with Crippen molar-refractivity contribution in [2.75, 3.05) is 39.1 Å². The number of aliphatic hydroxyl groups is 1. The summed E-state index contributed by atoms with van der Waals surface area (Å²) in [4.78, 5) is 6.10. The van der Waals surface area contributed by atoms with Gasteiger partial charge in [-0.3, -0.25) is 4.98 Å². The number of aromatic nitrogens is 1. The molecule has 1 aliphatic rings. The molecule has 2 heterocycles. The number of methoxy groups -OCH3 is 1. The van der Waals surface area contributed by atoms with Crippen LogP contribution in [-0.4, -0.2) is 54.1 Å². The molecule has 0 spiro atoms. The molecule has 0 aliphatic carbocycles. The van der Waals surface area contributed by atoms with Gasteiger partial charge in [0.15, 0.2) is 11.6 Å². The molecular weight excluding hydrogens is 511 g/mol. The molecule has 0 saturated carbocycles. The number of benzene rings is 2. The number of thioether (sulfide) groups is 1. The van der Waals surface area contributed by atoms with Gasteiger partial charge < -0.3 is 14.7 Å². The van der Waals surface area contributed by atoms with E-state index < -0.39 is 34.9 Å². The SMILES string of the molecule is COc1ccc2ncc(F)c([C@@H](F)CCC3(CO)CCN(CCSc4cc(F)cc(F)c4F)CC3)c2c1. The Hall–Kier alpha value is -2.43. The number of halogens is 5. The average molecular weight is 541 g/mol. The predicted molar refractivity (Wildman–Crippen MR) is 134 cm³/mol. The van der Waals surface area contributed by atoms with Gasteiger partial charge in [0.2, 0.25) is 0 Å². The number of pyridine rings is 1. The van der Waals surface area contributed by atoms with Gasteiger partial charge >= 0.3 is 0 Å². The van der Waals surface area contributed by atoms with Crippen LogP contribution < -0.4 is 4.74 Å². The van der Waals surface area contributed by atoms with E-state index >= 15 is 4.39 Å². The van der Waals surface area contributed by atoms with Gasteiger partial charge in [-0.2, -0.15) is 0 Å². The standard InChI is InChI=1S/C27H29F5N2O2S/c1-36-18-2-3-23-19(14-18)25(22(31)15-33-23)20(29)4-5-27(16-35)6-8-34(9-7-27)10-11-37-24-13-17(28)12-21(30)26(24)32/h2-3,12-15,20,35H,4-11,16H2,1H3/t20-/m0/s1. The molecule has 1 aromatic heterocycles. The summed E-state index contributed by atoms with van der Waals surface area (Å²) in [7, 11) is 1.48. The lowest BCUT2D eigenvalue weighted by atomic mass is 9.74. The maximum Gasteiger partial charge on any atom is 0.172 e. The van der Waals surface area contributed by atoms with Gasteiger partial charge in [-0.1, -0.05) is 0 Å². The molecule has 2 aromatic carbocycles. The molecular formula is C27H29F5N2O2S. The van der Waals surface area contributed by atoms with Gasteiger partial charge in [0.1, 0.15) is 23.6 Å². The number of rotatable bonds is 10. The largest absolute Gasteiger partial charge is 0.497 e. The fourth-order valence-electron chi connectivity index (χ4n) is 4.85. The fraction of sp³-hybridized carbons (Fsp3) is 0.444. The van der Waals surface area contributed by atoms with Crippen molar-refractivity contribution in [3.05, 3.63) is 65.4 Å². The summed E-state index contributed by atoms with van der Waals surface area (Å²) in [6, 6.07) is 6.42. The number of fused-ring (bicyclic) bond motifs is 1. The van der Waals surface area contributed by atoms with Gasteiger partial charge in [-0.15, -0.1) is 11.8 Å². The van der Waals surface area contributed by atoms with Crippen molar-refractivity contribution in [3.8, 4) is 5.75 Å². The van der Waals surface area contributed by atoms with Crippen LogP contribution in [0.3, 0.4) is 0 Å². The highest BCUT2D eigenvalue weighted by atomic mass is 32.2. The van der Waals surface area contributed by atoms with Gasteiger partial charge in [0, 0.05) is 40.8 Å². The second-order valence-corrected chi connectivity index (χ2v) is 10.6. The molecule has 1 atom stereocenters. The van der Waals surface area contributed by atoms with Crippen LogP contribution in [0.4, 0.5) is 22.0 Å². The molecule has 1 aliphatic heterocycles. The minimum atomic E-state index is -1.57. The Balaban J connectivity index is 1.33.